The Morgan fingerprint density at radius 3 is 2.24 bits per heavy atom. The number of rotatable bonds is 10. The van der Waals surface area contributed by atoms with Gasteiger partial charge in [0.1, 0.15) is 0 Å². The summed E-state index contributed by atoms with van der Waals surface area (Å²) in [5.41, 5.74) is 0. The molecule has 3 heteroatoms. The van der Waals surface area contributed by atoms with Gasteiger partial charge < -0.3 is 10.6 Å². The molecule has 17 heavy (non-hydrogen) atoms. The van der Waals surface area contributed by atoms with E-state index in [4.69, 9.17) is 0 Å². The molecule has 3 nitrogen and oxygen atoms in total. The van der Waals surface area contributed by atoms with E-state index in [1.54, 1.807) is 0 Å². The number of unbranched alkanes of at least 4 members (excludes halogenated alkanes) is 7. The summed E-state index contributed by atoms with van der Waals surface area (Å²) in [4.78, 5) is 11.5. The van der Waals surface area contributed by atoms with Gasteiger partial charge in [-0.05, 0) is 19.4 Å². The molecule has 0 saturated carbocycles. The van der Waals surface area contributed by atoms with Crippen LogP contribution in [0.3, 0.4) is 0 Å². The van der Waals surface area contributed by atoms with E-state index < -0.39 is 0 Å². The molecule has 0 radical (unpaired) electrons. The number of carbonyl (C=O) groups excluding carboxylic acids is 1. The monoisotopic (exact) mass is 240 g/mol. The van der Waals surface area contributed by atoms with E-state index in [9.17, 15) is 4.79 Å². The van der Waals surface area contributed by atoms with Gasteiger partial charge in [-0.25, -0.2) is 0 Å². The smallest absolute Gasteiger partial charge is 0.237 e. The normalized spacial score (nSPS) is 18.8. The fourth-order valence-corrected chi connectivity index (χ4v) is 2.11. The van der Waals surface area contributed by atoms with Crippen LogP contribution in [0.4, 0.5) is 0 Å². The molecule has 100 valence electrons. The van der Waals surface area contributed by atoms with Gasteiger partial charge in [0.15, 0.2) is 0 Å². The van der Waals surface area contributed by atoms with Crippen molar-refractivity contribution in [2.75, 3.05) is 13.1 Å². The first-order chi connectivity index (χ1) is 8.34. The van der Waals surface area contributed by atoms with Crippen molar-refractivity contribution in [3.05, 3.63) is 0 Å². The average molecular weight is 240 g/mol. The van der Waals surface area contributed by atoms with Gasteiger partial charge in [-0.2, -0.15) is 0 Å². The van der Waals surface area contributed by atoms with E-state index in [1.165, 1.54) is 44.9 Å². The van der Waals surface area contributed by atoms with Crippen molar-refractivity contribution in [2.45, 2.75) is 70.8 Å². The van der Waals surface area contributed by atoms with Crippen molar-refractivity contribution in [3.63, 3.8) is 0 Å². The summed E-state index contributed by atoms with van der Waals surface area (Å²) in [5, 5.41) is 6.11. The predicted octanol–water partition coefficient (Wildman–Crippen LogP) is 2.61. The van der Waals surface area contributed by atoms with Crippen LogP contribution >= 0.6 is 0 Å². The van der Waals surface area contributed by atoms with Gasteiger partial charge in [-0.15, -0.1) is 0 Å². The summed E-state index contributed by atoms with van der Waals surface area (Å²) in [7, 11) is 0. The van der Waals surface area contributed by atoms with Crippen LogP contribution in [-0.2, 0) is 4.79 Å². The fourth-order valence-electron chi connectivity index (χ4n) is 2.11. The maximum absolute atomic E-state index is 11.5. The topological polar surface area (TPSA) is 41.1 Å². The maximum atomic E-state index is 11.5. The first kappa shape index (κ1) is 14.5. The van der Waals surface area contributed by atoms with Gasteiger partial charge in [-0.3, -0.25) is 4.79 Å². The van der Waals surface area contributed by atoms with Crippen LogP contribution in [-0.4, -0.2) is 25.0 Å². The predicted molar refractivity (Wildman–Crippen MR) is 72.0 cm³/mol. The second-order valence-corrected chi connectivity index (χ2v) is 5.06. The van der Waals surface area contributed by atoms with Gasteiger partial charge in [0, 0.05) is 6.54 Å². The highest BCUT2D eigenvalue weighted by Crippen LogP contribution is 2.08. The molecule has 0 aromatic carbocycles. The van der Waals surface area contributed by atoms with Crippen molar-refractivity contribution >= 4 is 5.91 Å². The molecule has 1 unspecified atom stereocenters. The molecule has 1 heterocycles. The maximum Gasteiger partial charge on any atom is 0.237 e. The first-order valence-corrected chi connectivity index (χ1v) is 7.35. The summed E-state index contributed by atoms with van der Waals surface area (Å²) >= 11 is 0. The summed E-state index contributed by atoms with van der Waals surface area (Å²) in [5.74, 6) is 0.194. The van der Waals surface area contributed by atoms with Crippen molar-refractivity contribution in [1.82, 2.24) is 10.6 Å². The molecule has 1 fully saturated rings. The zero-order valence-corrected chi connectivity index (χ0v) is 11.3. The lowest BCUT2D eigenvalue weighted by molar-refractivity contribution is -0.124. The Hall–Kier alpha value is -0.570. The minimum Gasteiger partial charge on any atom is -0.355 e. The molecule has 0 aliphatic carbocycles. The molecule has 0 aromatic heterocycles. The zero-order chi connectivity index (χ0) is 12.3. The minimum atomic E-state index is 0.101. The highest BCUT2D eigenvalue weighted by molar-refractivity contribution is 5.82. The van der Waals surface area contributed by atoms with E-state index >= 15 is 0 Å². The number of hydrogen-bond acceptors (Lipinski definition) is 2. The van der Waals surface area contributed by atoms with Crippen molar-refractivity contribution in [3.8, 4) is 0 Å². The van der Waals surface area contributed by atoms with E-state index in [2.05, 4.69) is 17.6 Å². The average Bonchev–Trinajstić information content (AvgIpc) is 2.24. The van der Waals surface area contributed by atoms with Crippen LogP contribution in [0.1, 0.15) is 64.7 Å². The lowest BCUT2D eigenvalue weighted by Crippen LogP contribution is -2.53. The van der Waals surface area contributed by atoms with Crippen LogP contribution in [0.2, 0.25) is 0 Å². The van der Waals surface area contributed by atoms with E-state index in [0.29, 0.717) is 0 Å². The summed E-state index contributed by atoms with van der Waals surface area (Å²) in [6.45, 7) is 4.10. The lowest BCUT2D eigenvalue weighted by Gasteiger charge is -2.26. The van der Waals surface area contributed by atoms with Crippen LogP contribution in [0.15, 0.2) is 0 Å². The van der Waals surface area contributed by atoms with Gasteiger partial charge in [0.2, 0.25) is 5.91 Å². The number of nitrogens with one attached hydrogen (secondary N) is 2. The van der Waals surface area contributed by atoms with Crippen molar-refractivity contribution in [1.29, 1.82) is 0 Å². The Labute approximate surface area is 106 Å². The number of hydrogen-bond donors (Lipinski definition) is 2. The van der Waals surface area contributed by atoms with Gasteiger partial charge >= 0.3 is 0 Å². The molecule has 1 saturated heterocycles. The van der Waals surface area contributed by atoms with Crippen LogP contribution in [0.5, 0.6) is 0 Å². The Morgan fingerprint density at radius 2 is 1.71 bits per heavy atom. The lowest BCUT2D eigenvalue weighted by atomic mass is 10.1. The third-order valence-corrected chi connectivity index (χ3v) is 3.47. The largest absolute Gasteiger partial charge is 0.355 e. The van der Waals surface area contributed by atoms with E-state index in [0.717, 1.165) is 25.9 Å². The molecule has 1 amide bonds. The molecule has 1 aliphatic rings. The fraction of sp³-hybridized carbons (Fsp3) is 0.929. The van der Waals surface area contributed by atoms with Crippen molar-refractivity contribution in [2.24, 2.45) is 0 Å². The third kappa shape index (κ3) is 6.67. The second-order valence-electron chi connectivity index (χ2n) is 5.06. The summed E-state index contributed by atoms with van der Waals surface area (Å²) < 4.78 is 0. The number of carbonyl (C=O) groups is 1. The summed E-state index contributed by atoms with van der Waals surface area (Å²) in [6, 6.07) is 0.101. The Kier molecular flexibility index (Phi) is 8.06. The van der Waals surface area contributed by atoms with Gasteiger partial charge in [0.25, 0.3) is 0 Å². The Balaban J connectivity index is 1.76. The zero-order valence-electron chi connectivity index (χ0n) is 11.3. The molecule has 2 N–H and O–H groups in total. The quantitative estimate of drug-likeness (QED) is 0.576. The Morgan fingerprint density at radius 1 is 1.12 bits per heavy atom. The molecular formula is C14H28N2O. The number of amides is 1. The first-order valence-electron chi connectivity index (χ1n) is 7.35. The highest BCUT2D eigenvalue weighted by atomic mass is 16.2. The molecular weight excluding hydrogens is 212 g/mol. The van der Waals surface area contributed by atoms with Gasteiger partial charge in [0.05, 0.1) is 6.04 Å². The molecule has 0 bridgehead atoms. The standard InChI is InChI=1S/C14H28N2O/c1-2-3-4-5-6-7-8-9-11-16-14(17)13-10-12-15-13/h13,15H,2-12H2,1H3,(H,16,17). The van der Waals surface area contributed by atoms with Crippen LogP contribution in [0, 0.1) is 0 Å². The van der Waals surface area contributed by atoms with Crippen LogP contribution < -0.4 is 10.6 Å². The van der Waals surface area contributed by atoms with Crippen LogP contribution in [0.25, 0.3) is 0 Å². The minimum absolute atomic E-state index is 0.101. The highest BCUT2D eigenvalue weighted by Gasteiger charge is 2.23. The molecule has 1 rings (SSSR count). The summed E-state index contributed by atoms with van der Waals surface area (Å²) in [6.07, 6.45) is 11.5. The molecule has 1 aliphatic heterocycles. The Bertz CT molecular complexity index is 202. The molecule has 0 aromatic rings. The van der Waals surface area contributed by atoms with Gasteiger partial charge in [-0.1, -0.05) is 51.9 Å². The molecule has 0 spiro atoms. The third-order valence-electron chi connectivity index (χ3n) is 3.47. The van der Waals surface area contributed by atoms with E-state index in [-0.39, 0.29) is 11.9 Å². The van der Waals surface area contributed by atoms with E-state index in [1.807, 2.05) is 0 Å². The second kappa shape index (κ2) is 9.46. The molecule has 1 atom stereocenters. The van der Waals surface area contributed by atoms with Crippen molar-refractivity contribution < 1.29 is 4.79 Å². The SMILES string of the molecule is CCCCCCCCCCNC(=O)C1CCN1.